The minimum atomic E-state index is -1.70. The summed E-state index contributed by atoms with van der Waals surface area (Å²) in [5.41, 5.74) is 0.560. The molecule has 0 heterocycles. The third-order valence-electron chi connectivity index (χ3n) is 3.79. The van der Waals surface area contributed by atoms with Gasteiger partial charge in [0.05, 0.1) is 12.3 Å². The fourth-order valence-electron chi connectivity index (χ4n) is 2.21. The average molecular weight is 395 g/mol. The minimum absolute atomic E-state index is 0.0169. The van der Waals surface area contributed by atoms with E-state index in [1.54, 1.807) is 0 Å². The lowest BCUT2D eigenvalue weighted by Gasteiger charge is -2.14. The number of nitrogens with one attached hydrogen (secondary N) is 1. The zero-order valence-corrected chi connectivity index (χ0v) is 15.4. The van der Waals surface area contributed by atoms with Crippen LogP contribution in [0.15, 0.2) is 36.4 Å². The van der Waals surface area contributed by atoms with Crippen LogP contribution in [-0.2, 0) is 14.3 Å². The van der Waals surface area contributed by atoms with E-state index in [1.165, 1.54) is 6.92 Å². The number of hydrogen-bond acceptors (Lipinski definition) is 4. The Kier molecular flexibility index (Phi) is 7.43. The van der Waals surface area contributed by atoms with E-state index in [1.807, 2.05) is 31.2 Å². The third-order valence-corrected chi connectivity index (χ3v) is 3.79. The molecule has 0 fully saturated rings. The van der Waals surface area contributed by atoms with E-state index < -0.39 is 41.1 Å². The molecular formula is C20H20F3NO4. The highest BCUT2D eigenvalue weighted by Gasteiger charge is 2.21. The first kappa shape index (κ1) is 21.3. The third kappa shape index (κ3) is 6.00. The van der Waals surface area contributed by atoms with Gasteiger partial charge in [0.15, 0.2) is 23.6 Å². The molecule has 2 aromatic rings. The first-order chi connectivity index (χ1) is 13.3. The number of esters is 1. The van der Waals surface area contributed by atoms with E-state index in [0.717, 1.165) is 11.6 Å². The van der Waals surface area contributed by atoms with Crippen molar-refractivity contribution < 1.29 is 32.2 Å². The van der Waals surface area contributed by atoms with Crippen LogP contribution in [-0.4, -0.2) is 24.6 Å². The molecule has 28 heavy (non-hydrogen) atoms. The van der Waals surface area contributed by atoms with Crippen LogP contribution in [0.3, 0.4) is 0 Å². The largest absolute Gasteiger partial charge is 0.494 e. The monoisotopic (exact) mass is 395 g/mol. The Morgan fingerprint density at radius 2 is 1.71 bits per heavy atom. The summed E-state index contributed by atoms with van der Waals surface area (Å²) in [6.07, 6.45) is -0.847. The van der Waals surface area contributed by atoms with Crippen molar-refractivity contribution in [1.29, 1.82) is 0 Å². The van der Waals surface area contributed by atoms with E-state index in [0.29, 0.717) is 24.8 Å². The van der Waals surface area contributed by atoms with E-state index >= 15 is 0 Å². The van der Waals surface area contributed by atoms with E-state index in [2.05, 4.69) is 5.32 Å². The summed E-state index contributed by atoms with van der Waals surface area (Å²) >= 11 is 0. The number of rotatable bonds is 8. The Balaban J connectivity index is 1.74. The fourth-order valence-corrected chi connectivity index (χ4v) is 2.21. The van der Waals surface area contributed by atoms with Gasteiger partial charge in [-0.15, -0.1) is 0 Å². The number of carbonyl (C=O) groups excluding carboxylic acids is 2. The maximum Gasteiger partial charge on any atom is 0.306 e. The average Bonchev–Trinajstić information content (AvgIpc) is 2.67. The molecule has 0 bridgehead atoms. The topological polar surface area (TPSA) is 64.6 Å². The molecule has 0 aromatic heterocycles. The summed E-state index contributed by atoms with van der Waals surface area (Å²) in [7, 11) is 0. The van der Waals surface area contributed by atoms with Crippen LogP contribution in [0, 0.1) is 24.4 Å². The fraction of sp³-hybridized carbons (Fsp3) is 0.300. The van der Waals surface area contributed by atoms with Crippen LogP contribution >= 0.6 is 0 Å². The molecule has 0 unspecified atom stereocenters. The first-order valence-electron chi connectivity index (χ1n) is 8.61. The second-order valence-electron chi connectivity index (χ2n) is 6.11. The Labute approximate surface area is 160 Å². The number of aryl methyl sites for hydroxylation is 1. The van der Waals surface area contributed by atoms with Gasteiger partial charge in [-0.2, -0.15) is 0 Å². The highest BCUT2D eigenvalue weighted by molar-refractivity contribution is 5.95. The number of amides is 1. The van der Waals surface area contributed by atoms with Gasteiger partial charge in [0.25, 0.3) is 5.91 Å². The smallest absolute Gasteiger partial charge is 0.306 e. The molecule has 1 N–H and O–H groups in total. The van der Waals surface area contributed by atoms with E-state index in [9.17, 15) is 22.8 Å². The zero-order chi connectivity index (χ0) is 20.7. The van der Waals surface area contributed by atoms with Crippen LogP contribution in [0.4, 0.5) is 18.9 Å². The van der Waals surface area contributed by atoms with Crippen molar-refractivity contribution in [2.24, 2.45) is 0 Å². The molecule has 0 spiro atoms. The van der Waals surface area contributed by atoms with Crippen molar-refractivity contribution in [3.8, 4) is 5.75 Å². The molecule has 8 heteroatoms. The van der Waals surface area contributed by atoms with Gasteiger partial charge in [-0.25, -0.2) is 13.2 Å². The standard InChI is InChI=1S/C20H20F3NO4/c1-12-5-7-14(8-6-12)27-11-3-4-17(25)28-13(2)20(26)24-16-10-9-15(21)18(22)19(16)23/h5-10,13H,3-4,11H2,1-2H3,(H,24,26)/t13-/m0/s1. The zero-order valence-electron chi connectivity index (χ0n) is 15.4. The molecule has 0 aliphatic heterocycles. The summed E-state index contributed by atoms with van der Waals surface area (Å²) in [5, 5.41) is 2.05. The van der Waals surface area contributed by atoms with Gasteiger partial charge in [0, 0.05) is 6.42 Å². The molecule has 1 amide bonds. The van der Waals surface area contributed by atoms with Gasteiger partial charge in [-0.3, -0.25) is 9.59 Å². The highest BCUT2D eigenvalue weighted by Crippen LogP contribution is 2.20. The molecule has 2 aromatic carbocycles. The number of hydrogen-bond donors (Lipinski definition) is 1. The second-order valence-corrected chi connectivity index (χ2v) is 6.11. The van der Waals surface area contributed by atoms with Gasteiger partial charge >= 0.3 is 5.97 Å². The molecule has 1 atom stereocenters. The maximum atomic E-state index is 13.6. The summed E-state index contributed by atoms with van der Waals surface area (Å²) in [5.74, 6) is -5.42. The Morgan fingerprint density at radius 1 is 1.04 bits per heavy atom. The lowest BCUT2D eigenvalue weighted by Crippen LogP contribution is -2.30. The molecule has 0 aliphatic rings. The number of benzene rings is 2. The van der Waals surface area contributed by atoms with E-state index in [-0.39, 0.29) is 6.42 Å². The second kappa shape index (κ2) is 9.77. The normalized spacial score (nSPS) is 11.6. The predicted molar refractivity (Wildman–Crippen MR) is 96.4 cm³/mol. The van der Waals surface area contributed by atoms with Crippen LogP contribution in [0.5, 0.6) is 5.75 Å². The number of carbonyl (C=O) groups is 2. The van der Waals surface area contributed by atoms with Gasteiger partial charge in [0.1, 0.15) is 5.75 Å². The van der Waals surface area contributed by atoms with Gasteiger partial charge < -0.3 is 14.8 Å². The lowest BCUT2D eigenvalue weighted by molar-refractivity contribution is -0.153. The lowest BCUT2D eigenvalue weighted by atomic mass is 10.2. The van der Waals surface area contributed by atoms with Crippen molar-refractivity contribution in [3.05, 3.63) is 59.4 Å². The molecule has 0 aliphatic carbocycles. The quantitative estimate of drug-likeness (QED) is 0.415. The summed E-state index contributed by atoms with van der Waals surface area (Å²) < 4.78 is 50.1. The van der Waals surface area contributed by atoms with Crippen LogP contribution < -0.4 is 10.1 Å². The molecule has 150 valence electrons. The van der Waals surface area contributed by atoms with Crippen molar-refractivity contribution in [2.45, 2.75) is 32.8 Å². The first-order valence-corrected chi connectivity index (χ1v) is 8.61. The van der Waals surface area contributed by atoms with Gasteiger partial charge in [-0.05, 0) is 44.5 Å². The summed E-state index contributed by atoms with van der Waals surface area (Å²) in [6, 6.07) is 9.00. The van der Waals surface area contributed by atoms with Crippen LogP contribution in [0.2, 0.25) is 0 Å². The molecule has 2 rings (SSSR count). The van der Waals surface area contributed by atoms with Crippen molar-refractivity contribution >= 4 is 17.6 Å². The highest BCUT2D eigenvalue weighted by atomic mass is 19.2. The molecule has 0 saturated heterocycles. The SMILES string of the molecule is Cc1ccc(OCCCC(=O)O[C@@H](C)C(=O)Nc2ccc(F)c(F)c2F)cc1. The molecule has 0 radical (unpaired) electrons. The van der Waals surface area contributed by atoms with Crippen molar-refractivity contribution in [3.63, 3.8) is 0 Å². The predicted octanol–water partition coefficient (Wildman–Crippen LogP) is 4.14. The molecular weight excluding hydrogens is 375 g/mol. The van der Waals surface area contributed by atoms with Gasteiger partial charge in [-0.1, -0.05) is 17.7 Å². The van der Waals surface area contributed by atoms with E-state index in [4.69, 9.17) is 9.47 Å². The number of ether oxygens (including phenoxy) is 2. The maximum absolute atomic E-state index is 13.6. The number of anilines is 1. The summed E-state index contributed by atoms with van der Waals surface area (Å²) in [4.78, 5) is 23.7. The molecule has 0 saturated carbocycles. The van der Waals surface area contributed by atoms with Gasteiger partial charge in [0.2, 0.25) is 0 Å². The van der Waals surface area contributed by atoms with Crippen molar-refractivity contribution in [1.82, 2.24) is 0 Å². The van der Waals surface area contributed by atoms with Crippen molar-refractivity contribution in [2.75, 3.05) is 11.9 Å². The Hall–Kier alpha value is -3.03. The molecule has 5 nitrogen and oxygen atoms in total. The Morgan fingerprint density at radius 3 is 2.39 bits per heavy atom. The Bertz CT molecular complexity index is 840. The minimum Gasteiger partial charge on any atom is -0.494 e. The van der Waals surface area contributed by atoms with Crippen LogP contribution in [0.25, 0.3) is 0 Å². The van der Waals surface area contributed by atoms with Crippen LogP contribution in [0.1, 0.15) is 25.3 Å². The number of halogens is 3. The summed E-state index contributed by atoms with van der Waals surface area (Å²) in [6.45, 7) is 3.53.